The lowest BCUT2D eigenvalue weighted by atomic mass is 9.94. The number of furan rings is 1. The summed E-state index contributed by atoms with van der Waals surface area (Å²) in [4.78, 5) is 12.8. The molecule has 3 nitrogen and oxygen atoms in total. The Morgan fingerprint density at radius 3 is 2.00 bits per heavy atom. The maximum absolute atomic E-state index is 12.8. The molecule has 1 N–H and O–H groups in total. The van der Waals surface area contributed by atoms with E-state index >= 15 is 0 Å². The number of aryl methyl sites for hydroxylation is 1. The van der Waals surface area contributed by atoms with E-state index in [1.807, 2.05) is 0 Å². The van der Waals surface area contributed by atoms with Crippen LogP contribution in [0.3, 0.4) is 0 Å². The van der Waals surface area contributed by atoms with Gasteiger partial charge in [-0.2, -0.15) is 0 Å². The van der Waals surface area contributed by atoms with E-state index in [4.69, 9.17) is 4.42 Å². The van der Waals surface area contributed by atoms with Gasteiger partial charge < -0.3 is 9.73 Å². The monoisotopic (exact) mass is 493 g/mol. The van der Waals surface area contributed by atoms with Crippen LogP contribution >= 0.6 is 23.5 Å². The fourth-order valence-corrected chi connectivity index (χ4v) is 8.98. The van der Waals surface area contributed by atoms with Crippen LogP contribution in [0.2, 0.25) is 0 Å². The van der Waals surface area contributed by atoms with Crippen LogP contribution in [0.4, 0.5) is 0 Å². The Balaban J connectivity index is 1.23. The van der Waals surface area contributed by atoms with Crippen LogP contribution in [0.1, 0.15) is 137 Å². The second kappa shape index (κ2) is 14.8. The van der Waals surface area contributed by atoms with Crippen molar-refractivity contribution in [2.24, 2.45) is 0 Å². The molecule has 1 spiro atoms. The van der Waals surface area contributed by atoms with Gasteiger partial charge in [0.15, 0.2) is 5.76 Å². The zero-order valence-corrected chi connectivity index (χ0v) is 22.9. The van der Waals surface area contributed by atoms with Gasteiger partial charge in [0.2, 0.25) is 0 Å². The highest BCUT2D eigenvalue weighted by atomic mass is 32.2. The first-order valence-corrected chi connectivity index (χ1v) is 15.8. The van der Waals surface area contributed by atoms with Gasteiger partial charge in [-0.3, -0.25) is 4.79 Å². The molecule has 0 bridgehead atoms. The zero-order valence-electron chi connectivity index (χ0n) is 21.3. The highest BCUT2D eigenvalue weighted by Crippen LogP contribution is 2.59. The van der Waals surface area contributed by atoms with E-state index in [2.05, 4.69) is 42.7 Å². The van der Waals surface area contributed by atoms with Gasteiger partial charge in [0, 0.05) is 35.6 Å². The van der Waals surface area contributed by atoms with Crippen LogP contribution in [-0.4, -0.2) is 24.0 Å². The van der Waals surface area contributed by atoms with Crippen molar-refractivity contribution in [3.63, 3.8) is 0 Å². The second-order valence-electron chi connectivity index (χ2n) is 10.0. The normalized spacial score (nSPS) is 16.9. The van der Waals surface area contributed by atoms with E-state index in [1.54, 1.807) is 0 Å². The van der Waals surface area contributed by atoms with E-state index in [1.165, 1.54) is 113 Å². The Labute approximate surface area is 211 Å². The minimum Gasteiger partial charge on any atom is -0.455 e. The number of unbranched alkanes of at least 4 members (excludes halogenated alkanes) is 13. The van der Waals surface area contributed by atoms with Crippen molar-refractivity contribution in [3.8, 4) is 0 Å². The molecule has 1 aliphatic heterocycles. The van der Waals surface area contributed by atoms with E-state index in [0.717, 1.165) is 30.7 Å². The minimum atomic E-state index is -0.0141. The van der Waals surface area contributed by atoms with E-state index < -0.39 is 0 Å². The summed E-state index contributed by atoms with van der Waals surface area (Å²) in [6.07, 6.45) is 22.3. The molecule has 0 unspecified atom stereocenters. The molecule has 0 aromatic carbocycles. The van der Waals surface area contributed by atoms with Gasteiger partial charge in [0.1, 0.15) is 5.76 Å². The molecule has 1 aliphatic carbocycles. The highest BCUT2D eigenvalue weighted by Gasteiger charge is 2.45. The van der Waals surface area contributed by atoms with Gasteiger partial charge in [-0.15, -0.1) is 23.5 Å². The van der Waals surface area contributed by atoms with Crippen LogP contribution in [0.15, 0.2) is 4.42 Å². The third-order valence-electron chi connectivity index (χ3n) is 7.29. The maximum atomic E-state index is 12.8. The average Bonchev–Trinajstić information content (AvgIpc) is 3.42. The number of hydrogen-bond donors (Lipinski definition) is 1. The second-order valence-corrected chi connectivity index (χ2v) is 13.1. The first-order valence-electron chi connectivity index (χ1n) is 13.9. The molecule has 33 heavy (non-hydrogen) atoms. The number of fused-ring (bicyclic) bond motifs is 2. The number of amides is 1. The summed E-state index contributed by atoms with van der Waals surface area (Å²) in [6, 6.07) is 0. The Hall–Kier alpha value is -0.550. The van der Waals surface area contributed by atoms with Crippen molar-refractivity contribution < 1.29 is 9.21 Å². The van der Waals surface area contributed by atoms with Crippen molar-refractivity contribution in [2.75, 3.05) is 18.1 Å². The molecule has 1 saturated heterocycles. The first kappa shape index (κ1) is 27.0. The lowest BCUT2D eigenvalue weighted by molar-refractivity contribution is 0.0922. The van der Waals surface area contributed by atoms with Crippen LogP contribution in [-0.2, 0) is 10.5 Å². The highest BCUT2D eigenvalue weighted by molar-refractivity contribution is 8.20. The van der Waals surface area contributed by atoms with E-state index in [-0.39, 0.29) is 9.99 Å². The predicted octanol–water partition coefficient (Wildman–Crippen LogP) is 8.77. The summed E-state index contributed by atoms with van der Waals surface area (Å²) >= 11 is 4.12. The van der Waals surface area contributed by atoms with Crippen LogP contribution in [0.25, 0.3) is 0 Å². The zero-order chi connectivity index (χ0) is 23.4. The maximum Gasteiger partial charge on any atom is 0.287 e. The molecule has 3 rings (SSSR count). The van der Waals surface area contributed by atoms with Crippen LogP contribution < -0.4 is 5.32 Å². The summed E-state index contributed by atoms with van der Waals surface area (Å²) in [6.45, 7) is 5.14. The minimum absolute atomic E-state index is 0.0141. The standard InChI is InChI=1S/C28H47NO2S2/c1-3-4-5-6-7-8-9-10-11-12-13-14-15-16-20-29-27(30)26-23(2)25-24(31-26)18-17-19-28(25)32-21-22-33-28/h3-22H2,1-2H3,(H,29,30). The van der Waals surface area contributed by atoms with Crippen LogP contribution in [0.5, 0.6) is 0 Å². The number of hydrogen-bond acceptors (Lipinski definition) is 4. The van der Waals surface area contributed by atoms with Gasteiger partial charge in [-0.1, -0.05) is 90.4 Å². The average molecular weight is 494 g/mol. The smallest absolute Gasteiger partial charge is 0.287 e. The summed E-state index contributed by atoms with van der Waals surface area (Å²) in [5.74, 6) is 4.03. The van der Waals surface area contributed by atoms with E-state index in [9.17, 15) is 4.79 Å². The van der Waals surface area contributed by atoms with Gasteiger partial charge in [-0.25, -0.2) is 0 Å². The molecule has 1 amide bonds. The summed E-state index contributed by atoms with van der Waals surface area (Å²) < 4.78 is 6.27. The molecular weight excluding hydrogens is 446 g/mol. The third kappa shape index (κ3) is 7.98. The fourth-order valence-electron chi connectivity index (χ4n) is 5.42. The Morgan fingerprint density at radius 1 is 0.879 bits per heavy atom. The van der Waals surface area contributed by atoms with Crippen LogP contribution in [0, 0.1) is 6.92 Å². The topological polar surface area (TPSA) is 42.2 Å². The Kier molecular flexibility index (Phi) is 12.1. The number of nitrogens with one attached hydrogen (secondary N) is 1. The van der Waals surface area contributed by atoms with Gasteiger partial charge in [0.05, 0.1) is 4.08 Å². The van der Waals surface area contributed by atoms with Crippen molar-refractivity contribution in [2.45, 2.75) is 127 Å². The lowest BCUT2D eigenvalue weighted by Gasteiger charge is -2.31. The SMILES string of the molecule is CCCCCCCCCCCCCCCCNC(=O)c1oc2c(c1C)C1(CCC2)SCCS1. The molecule has 5 heteroatoms. The largest absolute Gasteiger partial charge is 0.455 e. The molecule has 0 atom stereocenters. The number of thioether (sulfide) groups is 2. The Morgan fingerprint density at radius 2 is 1.42 bits per heavy atom. The molecular formula is C28H47NO2S2. The molecule has 0 saturated carbocycles. The fraction of sp³-hybridized carbons (Fsp3) is 0.821. The Bertz CT molecular complexity index is 709. The number of carbonyl (C=O) groups is 1. The lowest BCUT2D eigenvalue weighted by Crippen LogP contribution is -2.25. The summed E-state index contributed by atoms with van der Waals surface area (Å²) in [5, 5.41) is 3.13. The van der Waals surface area contributed by atoms with E-state index in [0.29, 0.717) is 5.76 Å². The van der Waals surface area contributed by atoms with Crippen molar-refractivity contribution in [1.29, 1.82) is 0 Å². The summed E-state index contributed by atoms with van der Waals surface area (Å²) in [7, 11) is 0. The first-order chi connectivity index (χ1) is 16.2. The van der Waals surface area contributed by atoms with Gasteiger partial charge in [-0.05, 0) is 26.2 Å². The van der Waals surface area contributed by atoms with Gasteiger partial charge >= 0.3 is 0 Å². The molecule has 1 aromatic heterocycles. The molecule has 1 fully saturated rings. The van der Waals surface area contributed by atoms with Gasteiger partial charge in [0.25, 0.3) is 5.91 Å². The number of carbonyl (C=O) groups excluding carboxylic acids is 1. The molecule has 188 valence electrons. The third-order valence-corrected chi connectivity index (χ3v) is 10.8. The quantitative estimate of drug-likeness (QED) is 0.234. The predicted molar refractivity (Wildman–Crippen MR) is 146 cm³/mol. The molecule has 1 aromatic rings. The molecule has 2 aliphatic rings. The number of rotatable bonds is 16. The van der Waals surface area contributed by atoms with Crippen molar-refractivity contribution >= 4 is 29.4 Å². The molecule has 0 radical (unpaired) electrons. The summed E-state index contributed by atoms with van der Waals surface area (Å²) in [5.41, 5.74) is 2.42. The van der Waals surface area contributed by atoms with Crippen molar-refractivity contribution in [1.82, 2.24) is 5.32 Å². The van der Waals surface area contributed by atoms with Crippen molar-refractivity contribution in [3.05, 3.63) is 22.6 Å². The molecule has 2 heterocycles.